The third-order valence-corrected chi connectivity index (χ3v) is 4.30. The minimum Gasteiger partial charge on any atom is -0.295 e. The van der Waals surface area contributed by atoms with Crippen LogP contribution in [0.5, 0.6) is 0 Å². The molecule has 2 heteroatoms. The summed E-state index contributed by atoms with van der Waals surface area (Å²) in [5.41, 5.74) is 1.27. The molecule has 3 rings (SSSR count). The number of hydrogen-bond acceptors (Lipinski definition) is 1. The summed E-state index contributed by atoms with van der Waals surface area (Å²) in [6.45, 7) is 0. The summed E-state index contributed by atoms with van der Waals surface area (Å²) in [6, 6.07) is 10.4. The minimum atomic E-state index is 0.228. The van der Waals surface area contributed by atoms with Crippen LogP contribution in [0.15, 0.2) is 54.9 Å². The number of allylic oxidation sites excluding steroid dienone is 2. The SMILES string of the molecule is O=C(C1CCCCC1)N1C=CC(c2ccccc2)C=C1. The van der Waals surface area contributed by atoms with Gasteiger partial charge in [0.2, 0.25) is 5.91 Å². The number of hydrogen-bond donors (Lipinski definition) is 0. The molecule has 2 aliphatic rings. The second-order valence-electron chi connectivity index (χ2n) is 5.70. The molecule has 0 atom stereocenters. The van der Waals surface area contributed by atoms with Gasteiger partial charge in [0.1, 0.15) is 0 Å². The standard InChI is InChI=1S/C18H21NO/c20-18(17-9-5-2-6-10-17)19-13-11-16(12-14-19)15-7-3-1-4-8-15/h1,3-4,7-8,11-14,16-17H,2,5-6,9-10H2. The van der Waals surface area contributed by atoms with E-state index in [2.05, 4.69) is 36.4 Å². The summed E-state index contributed by atoms with van der Waals surface area (Å²) in [5.74, 6) is 0.779. The second kappa shape index (κ2) is 6.08. The van der Waals surface area contributed by atoms with Crippen molar-refractivity contribution < 1.29 is 4.79 Å². The van der Waals surface area contributed by atoms with Crippen LogP contribution in [0.3, 0.4) is 0 Å². The van der Waals surface area contributed by atoms with Crippen LogP contribution in [0.4, 0.5) is 0 Å². The maximum absolute atomic E-state index is 12.4. The summed E-state index contributed by atoms with van der Waals surface area (Å²) in [4.78, 5) is 14.2. The van der Waals surface area contributed by atoms with Gasteiger partial charge in [0.15, 0.2) is 0 Å². The first-order valence-electron chi connectivity index (χ1n) is 7.58. The molecule has 20 heavy (non-hydrogen) atoms. The second-order valence-corrected chi connectivity index (χ2v) is 5.70. The van der Waals surface area contributed by atoms with Crippen molar-refractivity contribution >= 4 is 5.91 Å². The molecule has 0 radical (unpaired) electrons. The van der Waals surface area contributed by atoms with Gasteiger partial charge in [0, 0.05) is 24.2 Å². The Morgan fingerprint density at radius 3 is 2.25 bits per heavy atom. The largest absolute Gasteiger partial charge is 0.295 e. The van der Waals surface area contributed by atoms with Crippen LogP contribution in [0.1, 0.15) is 43.6 Å². The Balaban J connectivity index is 1.65. The molecule has 0 N–H and O–H groups in total. The highest BCUT2D eigenvalue weighted by Crippen LogP contribution is 2.28. The Bertz CT molecular complexity index is 497. The molecule has 0 aromatic heterocycles. The first-order valence-corrected chi connectivity index (χ1v) is 7.58. The molecule has 1 fully saturated rings. The van der Waals surface area contributed by atoms with Crippen molar-refractivity contribution in [3.8, 4) is 0 Å². The van der Waals surface area contributed by atoms with Crippen molar-refractivity contribution in [1.82, 2.24) is 4.90 Å². The molecular formula is C18H21NO. The van der Waals surface area contributed by atoms with E-state index in [4.69, 9.17) is 0 Å². The van der Waals surface area contributed by atoms with Gasteiger partial charge in [0.05, 0.1) is 0 Å². The Morgan fingerprint density at radius 2 is 1.60 bits per heavy atom. The van der Waals surface area contributed by atoms with E-state index in [1.807, 2.05) is 18.5 Å². The molecule has 1 aliphatic carbocycles. The average Bonchev–Trinajstić information content (AvgIpc) is 2.56. The van der Waals surface area contributed by atoms with Crippen molar-refractivity contribution in [2.24, 2.45) is 5.92 Å². The predicted molar refractivity (Wildman–Crippen MR) is 80.9 cm³/mol. The third kappa shape index (κ3) is 2.84. The van der Waals surface area contributed by atoms with E-state index in [9.17, 15) is 4.79 Å². The van der Waals surface area contributed by atoms with E-state index in [0.717, 1.165) is 12.8 Å². The van der Waals surface area contributed by atoms with E-state index < -0.39 is 0 Å². The zero-order valence-electron chi connectivity index (χ0n) is 11.7. The van der Waals surface area contributed by atoms with Crippen LogP contribution < -0.4 is 0 Å². The van der Waals surface area contributed by atoms with Crippen LogP contribution in [-0.4, -0.2) is 10.8 Å². The van der Waals surface area contributed by atoms with E-state index in [1.165, 1.54) is 24.8 Å². The average molecular weight is 267 g/mol. The highest BCUT2D eigenvalue weighted by Gasteiger charge is 2.25. The summed E-state index contributed by atoms with van der Waals surface area (Å²) < 4.78 is 0. The van der Waals surface area contributed by atoms with Crippen molar-refractivity contribution in [3.05, 3.63) is 60.4 Å². The maximum Gasteiger partial charge on any atom is 0.233 e. The Morgan fingerprint density at radius 1 is 0.950 bits per heavy atom. The van der Waals surface area contributed by atoms with Crippen molar-refractivity contribution in [2.75, 3.05) is 0 Å². The van der Waals surface area contributed by atoms with Gasteiger partial charge in [-0.2, -0.15) is 0 Å². The highest BCUT2D eigenvalue weighted by molar-refractivity contribution is 5.81. The fraction of sp³-hybridized carbons (Fsp3) is 0.389. The fourth-order valence-electron chi connectivity index (χ4n) is 3.09. The highest BCUT2D eigenvalue weighted by atomic mass is 16.2. The molecule has 1 amide bonds. The summed E-state index contributed by atoms with van der Waals surface area (Å²) >= 11 is 0. The molecule has 0 bridgehead atoms. The molecule has 1 aliphatic heterocycles. The third-order valence-electron chi connectivity index (χ3n) is 4.30. The lowest BCUT2D eigenvalue weighted by Crippen LogP contribution is -2.30. The lowest BCUT2D eigenvalue weighted by molar-refractivity contribution is -0.131. The van der Waals surface area contributed by atoms with Crippen molar-refractivity contribution in [2.45, 2.75) is 38.0 Å². The lowest BCUT2D eigenvalue weighted by atomic mass is 9.88. The van der Waals surface area contributed by atoms with E-state index in [-0.39, 0.29) is 17.7 Å². The molecule has 1 aromatic rings. The quantitative estimate of drug-likeness (QED) is 0.785. The monoisotopic (exact) mass is 267 g/mol. The van der Waals surface area contributed by atoms with Crippen LogP contribution in [0, 0.1) is 5.92 Å². The molecule has 1 aromatic carbocycles. The zero-order chi connectivity index (χ0) is 13.8. The normalized spacial score (nSPS) is 20.3. The van der Waals surface area contributed by atoms with Crippen LogP contribution in [0.2, 0.25) is 0 Å². The Kier molecular flexibility index (Phi) is 4.00. The van der Waals surface area contributed by atoms with Gasteiger partial charge in [-0.25, -0.2) is 0 Å². The maximum atomic E-state index is 12.4. The zero-order valence-corrected chi connectivity index (χ0v) is 11.7. The minimum absolute atomic E-state index is 0.228. The van der Waals surface area contributed by atoms with Gasteiger partial charge in [0.25, 0.3) is 0 Å². The van der Waals surface area contributed by atoms with Crippen LogP contribution in [-0.2, 0) is 4.79 Å². The predicted octanol–water partition coefficient (Wildman–Crippen LogP) is 4.22. The Hall–Kier alpha value is -1.83. The summed E-state index contributed by atoms with van der Waals surface area (Å²) in [7, 11) is 0. The fourth-order valence-corrected chi connectivity index (χ4v) is 3.09. The molecule has 1 saturated carbocycles. The van der Waals surface area contributed by atoms with Gasteiger partial charge in [-0.3, -0.25) is 9.69 Å². The molecule has 0 spiro atoms. The first-order chi connectivity index (χ1) is 9.84. The number of carbonyl (C=O) groups is 1. The number of amides is 1. The molecule has 0 saturated heterocycles. The number of benzene rings is 1. The summed E-state index contributed by atoms with van der Waals surface area (Å²) in [5, 5.41) is 0. The van der Waals surface area contributed by atoms with Gasteiger partial charge in [-0.05, 0) is 18.4 Å². The molecule has 0 unspecified atom stereocenters. The smallest absolute Gasteiger partial charge is 0.233 e. The van der Waals surface area contributed by atoms with Gasteiger partial charge < -0.3 is 0 Å². The van der Waals surface area contributed by atoms with Gasteiger partial charge in [-0.1, -0.05) is 61.7 Å². The molecule has 1 heterocycles. The number of nitrogens with zero attached hydrogens (tertiary/aromatic N) is 1. The van der Waals surface area contributed by atoms with Crippen LogP contribution >= 0.6 is 0 Å². The summed E-state index contributed by atoms with van der Waals surface area (Å²) in [6.07, 6.45) is 13.9. The van der Waals surface area contributed by atoms with Crippen LogP contribution in [0.25, 0.3) is 0 Å². The number of rotatable bonds is 2. The number of carbonyl (C=O) groups excluding carboxylic acids is 1. The van der Waals surface area contributed by atoms with E-state index >= 15 is 0 Å². The molecular weight excluding hydrogens is 246 g/mol. The van der Waals surface area contributed by atoms with Crippen molar-refractivity contribution in [1.29, 1.82) is 0 Å². The van der Waals surface area contributed by atoms with Gasteiger partial charge in [-0.15, -0.1) is 0 Å². The van der Waals surface area contributed by atoms with Gasteiger partial charge >= 0.3 is 0 Å². The Labute approximate surface area is 120 Å². The van der Waals surface area contributed by atoms with E-state index in [0.29, 0.717) is 0 Å². The van der Waals surface area contributed by atoms with E-state index in [1.54, 1.807) is 4.90 Å². The molecule has 2 nitrogen and oxygen atoms in total. The van der Waals surface area contributed by atoms with Crippen molar-refractivity contribution in [3.63, 3.8) is 0 Å². The lowest BCUT2D eigenvalue weighted by Gasteiger charge is -2.27. The first kappa shape index (κ1) is 13.2. The topological polar surface area (TPSA) is 20.3 Å². The molecule has 104 valence electrons.